The van der Waals surface area contributed by atoms with Gasteiger partial charge in [-0.25, -0.2) is 9.37 Å². The van der Waals surface area contributed by atoms with Crippen LogP contribution in [0.4, 0.5) is 34.8 Å². The molecule has 0 unspecified atom stereocenters. The quantitative estimate of drug-likeness (QED) is 0.434. The standard InChI is InChI=1S/C23H21F4N3O2/c1-13-6-4-5-7-18(13)29-20-19(11-16(12-28-20)22(2,3)32)30-21(31)14-8-15(23(25,26)27)10-17(24)9-14/h4-12,32H,1-3H3,(H,28,29)(H,30,31). The summed E-state index contributed by atoms with van der Waals surface area (Å²) < 4.78 is 52.8. The molecule has 9 heteroatoms. The first-order chi connectivity index (χ1) is 14.8. The summed E-state index contributed by atoms with van der Waals surface area (Å²) in [6.07, 6.45) is -3.39. The Labute approximate surface area is 182 Å². The van der Waals surface area contributed by atoms with Crippen molar-refractivity contribution >= 4 is 23.1 Å². The van der Waals surface area contributed by atoms with Gasteiger partial charge in [-0.05, 0) is 56.7 Å². The maximum Gasteiger partial charge on any atom is 0.416 e. The van der Waals surface area contributed by atoms with Gasteiger partial charge in [-0.15, -0.1) is 0 Å². The normalized spacial score (nSPS) is 11.9. The number of hydrogen-bond donors (Lipinski definition) is 3. The van der Waals surface area contributed by atoms with Gasteiger partial charge in [-0.2, -0.15) is 13.2 Å². The molecule has 0 aliphatic carbocycles. The van der Waals surface area contributed by atoms with Crippen LogP contribution in [0.5, 0.6) is 0 Å². The summed E-state index contributed by atoms with van der Waals surface area (Å²) in [6, 6.07) is 10.3. The van der Waals surface area contributed by atoms with Crippen LogP contribution in [0.15, 0.2) is 54.7 Å². The van der Waals surface area contributed by atoms with Gasteiger partial charge in [0, 0.05) is 23.0 Å². The van der Waals surface area contributed by atoms with E-state index < -0.39 is 34.6 Å². The van der Waals surface area contributed by atoms with Gasteiger partial charge in [0.15, 0.2) is 5.82 Å². The van der Waals surface area contributed by atoms with E-state index in [-0.39, 0.29) is 11.5 Å². The topological polar surface area (TPSA) is 74.2 Å². The van der Waals surface area contributed by atoms with E-state index in [0.717, 1.165) is 5.56 Å². The SMILES string of the molecule is Cc1ccccc1Nc1ncc(C(C)(C)O)cc1NC(=O)c1cc(F)cc(C(F)(F)F)c1. The van der Waals surface area contributed by atoms with Crippen molar-refractivity contribution in [2.24, 2.45) is 0 Å². The molecule has 1 amide bonds. The summed E-state index contributed by atoms with van der Waals surface area (Å²) >= 11 is 0. The number of carbonyl (C=O) groups is 1. The Bertz CT molecular complexity index is 1150. The number of nitrogens with zero attached hydrogens (tertiary/aromatic N) is 1. The molecular formula is C23H21F4N3O2. The number of amides is 1. The molecule has 0 aliphatic rings. The molecule has 0 atom stereocenters. The van der Waals surface area contributed by atoms with Crippen LogP contribution in [-0.4, -0.2) is 16.0 Å². The molecule has 32 heavy (non-hydrogen) atoms. The molecule has 1 heterocycles. The van der Waals surface area contributed by atoms with Crippen molar-refractivity contribution in [3.05, 3.63) is 82.8 Å². The number of nitrogens with one attached hydrogen (secondary N) is 2. The molecule has 0 fully saturated rings. The van der Waals surface area contributed by atoms with Crippen molar-refractivity contribution in [1.29, 1.82) is 0 Å². The minimum absolute atomic E-state index is 0.107. The van der Waals surface area contributed by atoms with Crippen LogP contribution in [0.25, 0.3) is 0 Å². The van der Waals surface area contributed by atoms with E-state index in [1.165, 1.54) is 26.1 Å². The lowest BCUT2D eigenvalue weighted by atomic mass is 10.00. The van der Waals surface area contributed by atoms with E-state index in [2.05, 4.69) is 15.6 Å². The molecule has 0 saturated heterocycles. The number of carbonyl (C=O) groups excluding carboxylic acids is 1. The average Bonchev–Trinajstić information content (AvgIpc) is 2.69. The number of benzene rings is 2. The van der Waals surface area contributed by atoms with E-state index in [9.17, 15) is 27.5 Å². The van der Waals surface area contributed by atoms with Gasteiger partial charge < -0.3 is 15.7 Å². The number of aromatic nitrogens is 1. The zero-order valence-electron chi connectivity index (χ0n) is 17.5. The molecule has 3 N–H and O–H groups in total. The Balaban J connectivity index is 2.01. The summed E-state index contributed by atoms with van der Waals surface area (Å²) in [7, 11) is 0. The largest absolute Gasteiger partial charge is 0.416 e. The first kappa shape index (κ1) is 23.2. The number of alkyl halides is 3. The van der Waals surface area contributed by atoms with Crippen molar-refractivity contribution in [2.75, 3.05) is 10.6 Å². The molecule has 0 aliphatic heterocycles. The molecule has 168 valence electrons. The number of pyridine rings is 1. The monoisotopic (exact) mass is 447 g/mol. The molecule has 0 bridgehead atoms. The minimum atomic E-state index is -4.81. The third-order valence-corrected chi connectivity index (χ3v) is 4.73. The van der Waals surface area contributed by atoms with Crippen molar-refractivity contribution in [3.63, 3.8) is 0 Å². The Kier molecular flexibility index (Phi) is 6.23. The molecule has 0 saturated carbocycles. The Hall–Kier alpha value is -3.46. The van der Waals surface area contributed by atoms with Crippen molar-refractivity contribution in [2.45, 2.75) is 32.5 Å². The number of aliphatic hydroxyl groups is 1. The van der Waals surface area contributed by atoms with Crippen molar-refractivity contribution < 1.29 is 27.5 Å². The van der Waals surface area contributed by atoms with E-state index in [1.807, 2.05) is 19.1 Å². The fraction of sp³-hybridized carbons (Fsp3) is 0.217. The second-order valence-electron chi connectivity index (χ2n) is 7.80. The maximum atomic E-state index is 13.8. The highest BCUT2D eigenvalue weighted by atomic mass is 19.4. The molecule has 0 spiro atoms. The Morgan fingerprint density at radius 3 is 2.31 bits per heavy atom. The van der Waals surface area contributed by atoms with E-state index >= 15 is 0 Å². The molecule has 3 aromatic rings. The number of aryl methyl sites for hydroxylation is 1. The van der Waals surface area contributed by atoms with Crippen LogP contribution in [0.3, 0.4) is 0 Å². The molecule has 1 aromatic heterocycles. The minimum Gasteiger partial charge on any atom is -0.386 e. The van der Waals surface area contributed by atoms with Gasteiger partial charge in [-0.3, -0.25) is 4.79 Å². The summed E-state index contributed by atoms with van der Waals surface area (Å²) in [5, 5.41) is 15.8. The average molecular weight is 447 g/mol. The Morgan fingerprint density at radius 2 is 1.69 bits per heavy atom. The molecular weight excluding hydrogens is 426 g/mol. The zero-order valence-corrected chi connectivity index (χ0v) is 17.5. The summed E-state index contributed by atoms with van der Waals surface area (Å²) in [5.74, 6) is -1.95. The fourth-order valence-electron chi connectivity index (χ4n) is 2.91. The second kappa shape index (κ2) is 8.58. The third kappa shape index (κ3) is 5.42. The van der Waals surface area contributed by atoms with Crippen LogP contribution in [0.1, 0.15) is 40.9 Å². The van der Waals surface area contributed by atoms with E-state index in [1.54, 1.807) is 12.1 Å². The van der Waals surface area contributed by atoms with Gasteiger partial charge in [-0.1, -0.05) is 18.2 Å². The summed E-state index contributed by atoms with van der Waals surface area (Å²) in [5.41, 5.74) is -1.03. The predicted octanol–water partition coefficient (Wildman–Crippen LogP) is 5.77. The van der Waals surface area contributed by atoms with Crippen LogP contribution in [0, 0.1) is 12.7 Å². The number of halogens is 4. The summed E-state index contributed by atoms with van der Waals surface area (Å²) in [4.78, 5) is 17.0. The number of hydrogen-bond acceptors (Lipinski definition) is 4. The number of para-hydroxylation sites is 1. The molecule has 3 rings (SSSR count). The third-order valence-electron chi connectivity index (χ3n) is 4.73. The number of anilines is 3. The lowest BCUT2D eigenvalue weighted by Crippen LogP contribution is -2.19. The highest BCUT2D eigenvalue weighted by molar-refractivity contribution is 6.06. The van der Waals surface area contributed by atoms with Gasteiger partial charge in [0.05, 0.1) is 16.9 Å². The molecule has 5 nitrogen and oxygen atoms in total. The van der Waals surface area contributed by atoms with Crippen molar-refractivity contribution in [3.8, 4) is 0 Å². The van der Waals surface area contributed by atoms with Crippen LogP contribution < -0.4 is 10.6 Å². The second-order valence-corrected chi connectivity index (χ2v) is 7.80. The van der Waals surface area contributed by atoms with E-state index in [4.69, 9.17) is 0 Å². The Morgan fingerprint density at radius 1 is 1.00 bits per heavy atom. The van der Waals surface area contributed by atoms with Gasteiger partial charge in [0.2, 0.25) is 0 Å². The van der Waals surface area contributed by atoms with E-state index in [0.29, 0.717) is 29.4 Å². The van der Waals surface area contributed by atoms with Crippen LogP contribution in [-0.2, 0) is 11.8 Å². The van der Waals surface area contributed by atoms with Crippen LogP contribution >= 0.6 is 0 Å². The lowest BCUT2D eigenvalue weighted by molar-refractivity contribution is -0.137. The first-order valence-corrected chi connectivity index (χ1v) is 9.59. The number of rotatable bonds is 5. The maximum absolute atomic E-state index is 13.8. The smallest absolute Gasteiger partial charge is 0.386 e. The van der Waals surface area contributed by atoms with Gasteiger partial charge in [0.1, 0.15) is 5.82 Å². The fourth-order valence-corrected chi connectivity index (χ4v) is 2.91. The zero-order chi connectivity index (χ0) is 23.7. The van der Waals surface area contributed by atoms with Gasteiger partial charge in [0.25, 0.3) is 5.91 Å². The molecule has 0 radical (unpaired) electrons. The lowest BCUT2D eigenvalue weighted by Gasteiger charge is -2.21. The summed E-state index contributed by atoms with van der Waals surface area (Å²) in [6.45, 7) is 4.90. The first-order valence-electron chi connectivity index (χ1n) is 9.59. The van der Waals surface area contributed by atoms with Crippen LogP contribution in [0.2, 0.25) is 0 Å². The predicted molar refractivity (Wildman–Crippen MR) is 113 cm³/mol. The highest BCUT2D eigenvalue weighted by Gasteiger charge is 2.32. The van der Waals surface area contributed by atoms with Crippen molar-refractivity contribution in [1.82, 2.24) is 4.98 Å². The molecule has 2 aromatic carbocycles. The van der Waals surface area contributed by atoms with Gasteiger partial charge >= 0.3 is 6.18 Å². The highest BCUT2D eigenvalue weighted by Crippen LogP contribution is 2.32.